The average molecular weight is 305 g/mol. The van der Waals surface area contributed by atoms with Crippen molar-refractivity contribution < 1.29 is 4.79 Å². The molecule has 3 heteroatoms. The lowest BCUT2D eigenvalue weighted by Crippen LogP contribution is -2.10. The Morgan fingerprint density at radius 1 is 0.818 bits per heavy atom. The lowest BCUT2D eigenvalue weighted by molar-refractivity contribution is 0.0989. The van der Waals surface area contributed by atoms with Crippen LogP contribution >= 0.6 is 11.8 Å². The topological polar surface area (TPSA) is 30.0 Å². The van der Waals surface area contributed by atoms with Crippen LogP contribution in [0, 0.1) is 0 Å². The highest BCUT2D eigenvalue weighted by atomic mass is 32.2. The lowest BCUT2D eigenvalue weighted by Gasteiger charge is -2.15. The van der Waals surface area contributed by atoms with Crippen LogP contribution in [-0.4, -0.2) is 10.8 Å². The molecule has 0 N–H and O–H groups in total. The minimum Gasteiger partial charge on any atom is -0.293 e. The van der Waals surface area contributed by atoms with Crippen molar-refractivity contribution in [2.24, 2.45) is 0 Å². The van der Waals surface area contributed by atoms with E-state index in [1.807, 2.05) is 78.9 Å². The molecule has 3 aromatic rings. The number of carbonyl (C=O) groups is 1. The Kier molecular flexibility index (Phi) is 4.66. The molecular formula is C19H15NOS. The minimum absolute atomic E-state index is 0.0995. The first-order valence-electron chi connectivity index (χ1n) is 7.06. The van der Waals surface area contributed by atoms with Crippen molar-refractivity contribution in [2.45, 2.75) is 10.3 Å². The van der Waals surface area contributed by atoms with Crippen molar-refractivity contribution in [3.8, 4) is 0 Å². The van der Waals surface area contributed by atoms with Gasteiger partial charge in [-0.15, -0.1) is 0 Å². The van der Waals surface area contributed by atoms with Crippen LogP contribution in [0.25, 0.3) is 0 Å². The summed E-state index contributed by atoms with van der Waals surface area (Å²) in [6.07, 6.45) is 1.75. The summed E-state index contributed by atoms with van der Waals surface area (Å²) in [5, 5.41) is 0.555. The molecule has 108 valence electrons. The molecule has 0 fully saturated rings. The molecule has 0 aliphatic carbocycles. The highest BCUT2D eigenvalue weighted by molar-refractivity contribution is 8.00. The molecule has 0 radical (unpaired) electrons. The van der Waals surface area contributed by atoms with Crippen LogP contribution in [0.15, 0.2) is 90.1 Å². The maximum Gasteiger partial charge on any atom is 0.180 e. The third-order valence-electron chi connectivity index (χ3n) is 3.28. The SMILES string of the molecule is O=C(c1ccccc1)C(Sc1ccccn1)c1ccccc1. The van der Waals surface area contributed by atoms with Crippen LogP contribution in [-0.2, 0) is 0 Å². The summed E-state index contributed by atoms with van der Waals surface area (Å²) >= 11 is 1.48. The number of rotatable bonds is 5. The fourth-order valence-corrected chi connectivity index (χ4v) is 3.25. The van der Waals surface area contributed by atoms with Gasteiger partial charge in [0, 0.05) is 11.8 Å². The second kappa shape index (κ2) is 7.05. The number of nitrogens with zero attached hydrogens (tertiary/aromatic N) is 1. The van der Waals surface area contributed by atoms with E-state index in [4.69, 9.17) is 0 Å². The summed E-state index contributed by atoms with van der Waals surface area (Å²) in [6, 6.07) is 25.0. The van der Waals surface area contributed by atoms with Gasteiger partial charge < -0.3 is 0 Å². The number of aromatic nitrogens is 1. The van der Waals surface area contributed by atoms with Crippen LogP contribution in [0.2, 0.25) is 0 Å². The van der Waals surface area contributed by atoms with E-state index in [0.29, 0.717) is 0 Å². The zero-order chi connectivity index (χ0) is 15.2. The molecule has 0 aliphatic heterocycles. The Labute approximate surface area is 134 Å². The van der Waals surface area contributed by atoms with Gasteiger partial charge in [-0.2, -0.15) is 0 Å². The quantitative estimate of drug-likeness (QED) is 0.501. The molecule has 1 aromatic heterocycles. The van der Waals surface area contributed by atoms with E-state index in [1.165, 1.54) is 11.8 Å². The monoisotopic (exact) mass is 305 g/mol. The maximum atomic E-state index is 12.9. The molecule has 3 rings (SSSR count). The number of ketones is 1. The molecule has 2 aromatic carbocycles. The van der Waals surface area contributed by atoms with Crippen LogP contribution in [0.1, 0.15) is 21.2 Å². The molecule has 0 bridgehead atoms. The first-order valence-corrected chi connectivity index (χ1v) is 7.94. The van der Waals surface area contributed by atoms with E-state index < -0.39 is 0 Å². The van der Waals surface area contributed by atoms with Crippen molar-refractivity contribution in [3.63, 3.8) is 0 Å². The third-order valence-corrected chi connectivity index (χ3v) is 4.48. The number of hydrogen-bond acceptors (Lipinski definition) is 3. The van der Waals surface area contributed by atoms with Crippen LogP contribution in [0.5, 0.6) is 0 Å². The van der Waals surface area contributed by atoms with Crippen molar-refractivity contribution in [2.75, 3.05) is 0 Å². The Morgan fingerprint density at radius 3 is 2.09 bits per heavy atom. The zero-order valence-electron chi connectivity index (χ0n) is 11.9. The summed E-state index contributed by atoms with van der Waals surface area (Å²) in [5.74, 6) is 0.0995. The molecule has 0 spiro atoms. The fraction of sp³-hybridized carbons (Fsp3) is 0.0526. The molecule has 0 saturated heterocycles. The van der Waals surface area contributed by atoms with Crippen molar-refractivity contribution in [1.82, 2.24) is 4.98 Å². The number of carbonyl (C=O) groups excluding carboxylic acids is 1. The van der Waals surface area contributed by atoms with Gasteiger partial charge in [-0.1, -0.05) is 78.5 Å². The Balaban J connectivity index is 1.95. The Bertz CT molecular complexity index is 729. The average Bonchev–Trinajstić information content (AvgIpc) is 2.61. The molecule has 1 heterocycles. The van der Waals surface area contributed by atoms with Crippen molar-refractivity contribution in [1.29, 1.82) is 0 Å². The van der Waals surface area contributed by atoms with E-state index >= 15 is 0 Å². The summed E-state index contributed by atoms with van der Waals surface area (Å²) in [7, 11) is 0. The van der Waals surface area contributed by atoms with Gasteiger partial charge in [0.1, 0.15) is 0 Å². The number of pyridine rings is 1. The Hall–Kier alpha value is -2.39. The largest absolute Gasteiger partial charge is 0.293 e. The van der Waals surface area contributed by atoms with E-state index in [1.54, 1.807) is 6.20 Å². The van der Waals surface area contributed by atoms with Gasteiger partial charge >= 0.3 is 0 Å². The van der Waals surface area contributed by atoms with E-state index in [9.17, 15) is 4.79 Å². The smallest absolute Gasteiger partial charge is 0.180 e. The molecule has 0 saturated carbocycles. The number of thioether (sulfide) groups is 1. The summed E-state index contributed by atoms with van der Waals surface area (Å²) in [5.41, 5.74) is 1.71. The van der Waals surface area contributed by atoms with Gasteiger partial charge in [0.15, 0.2) is 5.78 Å². The summed E-state index contributed by atoms with van der Waals surface area (Å²) in [6.45, 7) is 0. The summed E-state index contributed by atoms with van der Waals surface area (Å²) < 4.78 is 0. The van der Waals surface area contributed by atoms with Gasteiger partial charge in [-0.3, -0.25) is 4.79 Å². The predicted octanol–water partition coefficient (Wildman–Crippen LogP) is 4.80. The van der Waals surface area contributed by atoms with Crippen molar-refractivity contribution in [3.05, 3.63) is 96.2 Å². The summed E-state index contributed by atoms with van der Waals surface area (Å²) in [4.78, 5) is 17.2. The molecule has 22 heavy (non-hydrogen) atoms. The first kappa shape index (κ1) is 14.5. The zero-order valence-corrected chi connectivity index (χ0v) is 12.7. The number of benzene rings is 2. The van der Waals surface area contributed by atoms with E-state index in [0.717, 1.165) is 16.2 Å². The predicted molar refractivity (Wildman–Crippen MR) is 90.0 cm³/mol. The molecule has 0 aliphatic rings. The highest BCUT2D eigenvalue weighted by Crippen LogP contribution is 2.36. The van der Waals surface area contributed by atoms with Gasteiger partial charge in [-0.25, -0.2) is 4.98 Å². The standard InChI is InChI=1S/C19H15NOS/c21-18(15-9-3-1-4-10-15)19(16-11-5-2-6-12-16)22-17-13-7-8-14-20-17/h1-14,19H. The normalized spacial score (nSPS) is 11.8. The fourth-order valence-electron chi connectivity index (χ4n) is 2.19. The Morgan fingerprint density at radius 2 is 1.45 bits per heavy atom. The first-order chi connectivity index (χ1) is 10.8. The highest BCUT2D eigenvalue weighted by Gasteiger charge is 2.23. The molecular weight excluding hydrogens is 290 g/mol. The van der Waals surface area contributed by atoms with Gasteiger partial charge in [0.25, 0.3) is 0 Å². The van der Waals surface area contributed by atoms with Gasteiger partial charge in [0.2, 0.25) is 0 Å². The van der Waals surface area contributed by atoms with E-state index in [-0.39, 0.29) is 11.0 Å². The number of Topliss-reactive ketones (excluding diaryl/α,β-unsaturated/α-hetero) is 1. The third kappa shape index (κ3) is 3.43. The molecule has 2 nitrogen and oxygen atoms in total. The van der Waals surface area contributed by atoms with Gasteiger partial charge in [0.05, 0.1) is 10.3 Å². The minimum atomic E-state index is -0.293. The van der Waals surface area contributed by atoms with Crippen LogP contribution < -0.4 is 0 Å². The molecule has 0 amide bonds. The second-order valence-corrected chi connectivity index (χ2v) is 5.93. The van der Waals surface area contributed by atoms with Gasteiger partial charge in [-0.05, 0) is 17.7 Å². The second-order valence-electron chi connectivity index (χ2n) is 4.81. The molecule has 1 atom stereocenters. The van der Waals surface area contributed by atoms with Crippen LogP contribution in [0.3, 0.4) is 0 Å². The maximum absolute atomic E-state index is 12.9. The molecule has 1 unspecified atom stereocenters. The van der Waals surface area contributed by atoms with Crippen molar-refractivity contribution >= 4 is 17.5 Å². The van der Waals surface area contributed by atoms with E-state index in [2.05, 4.69) is 4.98 Å². The number of hydrogen-bond donors (Lipinski definition) is 0. The lowest BCUT2D eigenvalue weighted by atomic mass is 10.0. The van der Waals surface area contributed by atoms with Crippen LogP contribution in [0.4, 0.5) is 0 Å².